The van der Waals surface area contributed by atoms with Crippen molar-refractivity contribution in [2.45, 2.75) is 11.8 Å². The lowest BCUT2D eigenvalue weighted by atomic mass is 10.2. The van der Waals surface area contributed by atoms with E-state index in [9.17, 15) is 18.0 Å². The molecule has 1 fully saturated rings. The maximum Gasteiger partial charge on any atom is 0.274 e. The molecule has 1 aromatic heterocycles. The lowest BCUT2D eigenvalue weighted by Crippen LogP contribution is -2.50. The normalized spacial score (nSPS) is 13.9. The molecule has 1 saturated heterocycles. The standard InChI is InChI=1S/C24H25N5O5S/c1-2-34-20-7-5-19(6-8-20)27-35(32,33)21-9-3-18(4-10-21)23(30)28-13-15-29(16-14-28)24(31)22-17-25-11-12-26-22/h3-12,17,27H,2,13-16H2,1H3. The summed E-state index contributed by atoms with van der Waals surface area (Å²) in [5.41, 5.74) is 1.05. The SMILES string of the molecule is CCOc1ccc(NS(=O)(=O)c2ccc(C(=O)N3CCN(C(=O)c4cnccn4)CC3)cc2)cc1. The van der Waals surface area contributed by atoms with E-state index in [0.29, 0.717) is 49.8 Å². The lowest BCUT2D eigenvalue weighted by molar-refractivity contribution is 0.0532. The molecular formula is C24H25N5O5S. The van der Waals surface area contributed by atoms with Crippen molar-refractivity contribution in [3.63, 3.8) is 0 Å². The van der Waals surface area contributed by atoms with Crippen LogP contribution in [0.5, 0.6) is 5.75 Å². The van der Waals surface area contributed by atoms with Crippen molar-refractivity contribution >= 4 is 27.5 Å². The van der Waals surface area contributed by atoms with Gasteiger partial charge in [0, 0.05) is 49.8 Å². The second kappa shape index (κ2) is 10.5. The van der Waals surface area contributed by atoms with Crippen LogP contribution in [0.3, 0.4) is 0 Å². The molecule has 11 heteroatoms. The zero-order chi connectivity index (χ0) is 24.8. The van der Waals surface area contributed by atoms with Gasteiger partial charge in [-0.05, 0) is 55.5 Å². The molecule has 0 spiro atoms. The number of carbonyl (C=O) groups excluding carboxylic acids is 2. The molecule has 10 nitrogen and oxygen atoms in total. The molecule has 0 radical (unpaired) electrons. The van der Waals surface area contributed by atoms with Gasteiger partial charge in [-0.15, -0.1) is 0 Å². The average molecular weight is 496 g/mol. The Balaban J connectivity index is 1.36. The molecule has 0 aliphatic carbocycles. The minimum Gasteiger partial charge on any atom is -0.494 e. The van der Waals surface area contributed by atoms with E-state index in [2.05, 4.69) is 14.7 Å². The summed E-state index contributed by atoms with van der Waals surface area (Å²) in [5.74, 6) is 0.206. The van der Waals surface area contributed by atoms with E-state index in [1.54, 1.807) is 34.1 Å². The molecule has 35 heavy (non-hydrogen) atoms. The summed E-state index contributed by atoms with van der Waals surface area (Å²) in [6.07, 6.45) is 4.38. The fraction of sp³-hybridized carbons (Fsp3) is 0.250. The molecule has 2 amide bonds. The number of rotatable bonds is 7. The zero-order valence-corrected chi connectivity index (χ0v) is 19.9. The van der Waals surface area contributed by atoms with E-state index in [-0.39, 0.29) is 22.4 Å². The van der Waals surface area contributed by atoms with Gasteiger partial charge in [-0.2, -0.15) is 0 Å². The molecule has 2 heterocycles. The van der Waals surface area contributed by atoms with Gasteiger partial charge in [-0.25, -0.2) is 13.4 Å². The van der Waals surface area contributed by atoms with Crippen LogP contribution in [-0.2, 0) is 10.0 Å². The number of hydrogen-bond donors (Lipinski definition) is 1. The van der Waals surface area contributed by atoms with Gasteiger partial charge in [0.1, 0.15) is 11.4 Å². The summed E-state index contributed by atoms with van der Waals surface area (Å²) in [6, 6.07) is 12.4. The zero-order valence-electron chi connectivity index (χ0n) is 19.1. The number of sulfonamides is 1. The quantitative estimate of drug-likeness (QED) is 0.534. The van der Waals surface area contributed by atoms with Gasteiger partial charge < -0.3 is 14.5 Å². The predicted octanol–water partition coefficient (Wildman–Crippen LogP) is 2.27. The summed E-state index contributed by atoms with van der Waals surface area (Å²) in [7, 11) is -3.82. The number of amides is 2. The minimum absolute atomic E-state index is 0.0438. The summed E-state index contributed by atoms with van der Waals surface area (Å²) in [5, 5.41) is 0. The molecule has 182 valence electrons. The Labute approximate surface area is 203 Å². The number of carbonyl (C=O) groups is 2. The number of anilines is 1. The maximum absolute atomic E-state index is 12.9. The molecule has 1 aliphatic rings. The predicted molar refractivity (Wildman–Crippen MR) is 129 cm³/mol. The van der Waals surface area contributed by atoms with E-state index >= 15 is 0 Å². The first-order chi connectivity index (χ1) is 16.9. The number of benzene rings is 2. The summed E-state index contributed by atoms with van der Waals surface area (Å²) >= 11 is 0. The van der Waals surface area contributed by atoms with Gasteiger partial charge in [0.15, 0.2) is 0 Å². The van der Waals surface area contributed by atoms with Gasteiger partial charge in [0.05, 0.1) is 17.7 Å². The number of ether oxygens (including phenoxy) is 1. The molecule has 2 aromatic carbocycles. The van der Waals surface area contributed by atoms with Crippen LogP contribution in [0.1, 0.15) is 27.8 Å². The molecule has 0 unspecified atom stereocenters. The summed E-state index contributed by atoms with van der Waals surface area (Å²) in [6.45, 7) is 3.87. The Morgan fingerprint density at radius 1 is 0.914 bits per heavy atom. The first-order valence-corrected chi connectivity index (χ1v) is 12.6. The molecular weight excluding hydrogens is 470 g/mol. The first-order valence-electron chi connectivity index (χ1n) is 11.1. The van der Waals surface area contributed by atoms with E-state index in [4.69, 9.17) is 4.74 Å². The summed E-state index contributed by atoms with van der Waals surface area (Å²) < 4.78 is 33.3. The van der Waals surface area contributed by atoms with Gasteiger partial charge in [0.25, 0.3) is 21.8 Å². The van der Waals surface area contributed by atoms with Crippen molar-refractivity contribution in [1.82, 2.24) is 19.8 Å². The van der Waals surface area contributed by atoms with Crippen molar-refractivity contribution in [1.29, 1.82) is 0 Å². The highest BCUT2D eigenvalue weighted by Gasteiger charge is 2.26. The van der Waals surface area contributed by atoms with Crippen LogP contribution >= 0.6 is 0 Å². The van der Waals surface area contributed by atoms with E-state index in [0.717, 1.165) is 0 Å². The van der Waals surface area contributed by atoms with Gasteiger partial charge in [-0.3, -0.25) is 19.3 Å². The number of nitrogens with one attached hydrogen (secondary N) is 1. The van der Waals surface area contributed by atoms with Crippen LogP contribution in [0.2, 0.25) is 0 Å². The highest BCUT2D eigenvalue weighted by Crippen LogP contribution is 2.20. The third-order valence-corrected chi connectivity index (χ3v) is 6.86. The molecule has 1 aliphatic heterocycles. The number of nitrogens with zero attached hydrogens (tertiary/aromatic N) is 4. The monoisotopic (exact) mass is 495 g/mol. The number of hydrogen-bond acceptors (Lipinski definition) is 7. The van der Waals surface area contributed by atoms with Crippen molar-refractivity contribution in [3.05, 3.63) is 78.4 Å². The van der Waals surface area contributed by atoms with E-state index in [1.165, 1.54) is 42.9 Å². The maximum atomic E-state index is 12.9. The first kappa shape index (κ1) is 24.1. The van der Waals surface area contributed by atoms with Crippen LogP contribution in [0.4, 0.5) is 5.69 Å². The molecule has 0 saturated carbocycles. The van der Waals surface area contributed by atoms with Crippen LogP contribution < -0.4 is 9.46 Å². The third-order valence-electron chi connectivity index (χ3n) is 5.47. The van der Waals surface area contributed by atoms with Gasteiger partial charge in [-0.1, -0.05) is 0 Å². The second-order valence-corrected chi connectivity index (χ2v) is 9.44. The third kappa shape index (κ3) is 5.75. The number of piperazine rings is 1. The largest absolute Gasteiger partial charge is 0.494 e. The van der Waals surface area contributed by atoms with Crippen molar-refractivity contribution in [3.8, 4) is 5.75 Å². The molecule has 4 rings (SSSR count). The topological polar surface area (TPSA) is 122 Å². The highest BCUT2D eigenvalue weighted by atomic mass is 32.2. The van der Waals surface area contributed by atoms with Crippen molar-refractivity contribution in [2.24, 2.45) is 0 Å². The van der Waals surface area contributed by atoms with E-state index < -0.39 is 10.0 Å². The van der Waals surface area contributed by atoms with Gasteiger partial charge in [0.2, 0.25) is 0 Å². The lowest BCUT2D eigenvalue weighted by Gasteiger charge is -2.34. The Kier molecular flexibility index (Phi) is 7.25. The van der Waals surface area contributed by atoms with Crippen LogP contribution in [0.25, 0.3) is 0 Å². The molecule has 0 atom stereocenters. The average Bonchev–Trinajstić information content (AvgIpc) is 2.90. The summed E-state index contributed by atoms with van der Waals surface area (Å²) in [4.78, 5) is 36.7. The second-order valence-electron chi connectivity index (χ2n) is 7.76. The van der Waals surface area contributed by atoms with Crippen LogP contribution in [0, 0.1) is 0 Å². The molecule has 0 bridgehead atoms. The van der Waals surface area contributed by atoms with Gasteiger partial charge >= 0.3 is 0 Å². The Morgan fingerprint density at radius 3 is 2.11 bits per heavy atom. The highest BCUT2D eigenvalue weighted by molar-refractivity contribution is 7.92. The van der Waals surface area contributed by atoms with Crippen molar-refractivity contribution in [2.75, 3.05) is 37.5 Å². The minimum atomic E-state index is -3.82. The fourth-order valence-corrected chi connectivity index (χ4v) is 4.70. The van der Waals surface area contributed by atoms with Crippen molar-refractivity contribution < 1.29 is 22.7 Å². The Bertz CT molecular complexity index is 1270. The fourth-order valence-electron chi connectivity index (χ4n) is 3.64. The molecule has 1 N–H and O–H groups in total. The van der Waals surface area contributed by atoms with Crippen LogP contribution in [0.15, 0.2) is 72.0 Å². The Morgan fingerprint density at radius 2 is 1.54 bits per heavy atom. The molecule has 3 aromatic rings. The van der Waals surface area contributed by atoms with Crippen LogP contribution in [-0.4, -0.2) is 72.8 Å². The Hall–Kier alpha value is -3.99. The smallest absolute Gasteiger partial charge is 0.274 e. The van der Waals surface area contributed by atoms with E-state index in [1.807, 2.05) is 6.92 Å². The number of aromatic nitrogens is 2.